The highest BCUT2D eigenvalue weighted by Crippen LogP contribution is 2.23. The molecule has 2 N–H and O–H groups in total. The van der Waals surface area contributed by atoms with Crippen molar-refractivity contribution >= 4 is 52.1 Å². The number of hydrogen-bond acceptors (Lipinski definition) is 4. The maximum atomic E-state index is 12.1. The molecule has 3 unspecified atom stereocenters. The van der Waals surface area contributed by atoms with Crippen molar-refractivity contribution < 1.29 is 4.21 Å². The van der Waals surface area contributed by atoms with Crippen LogP contribution in [-0.4, -0.2) is 45.3 Å². The summed E-state index contributed by atoms with van der Waals surface area (Å²) < 4.78 is 12.1. The number of nitrogens with zero attached hydrogens (tertiary/aromatic N) is 2. The number of thiazole rings is 1. The third-order valence-corrected chi connectivity index (χ3v) is 7.60. The van der Waals surface area contributed by atoms with Crippen LogP contribution in [0.3, 0.4) is 0 Å². The number of halogens is 1. The maximum absolute atomic E-state index is 12.1. The number of guanidine groups is 1. The van der Waals surface area contributed by atoms with E-state index in [1.165, 1.54) is 5.01 Å². The zero-order valence-corrected chi connectivity index (χ0v) is 21.0. The third kappa shape index (κ3) is 8.35. The lowest BCUT2D eigenvalue weighted by Crippen LogP contribution is -2.46. The molecule has 0 spiro atoms. The third-order valence-electron chi connectivity index (χ3n) is 4.67. The van der Waals surface area contributed by atoms with Crippen LogP contribution < -0.4 is 10.6 Å². The zero-order chi connectivity index (χ0) is 18.9. The van der Waals surface area contributed by atoms with E-state index in [1.54, 1.807) is 11.3 Å². The molecule has 156 valence electrons. The molecule has 0 aliphatic heterocycles. The predicted octanol–water partition coefficient (Wildman–Crippen LogP) is 4.06. The van der Waals surface area contributed by atoms with Gasteiger partial charge in [0.1, 0.15) is 0 Å². The minimum Gasteiger partial charge on any atom is -0.357 e. The molecule has 0 radical (unpaired) electrons. The van der Waals surface area contributed by atoms with Crippen LogP contribution in [0.25, 0.3) is 0 Å². The second-order valence-electron chi connectivity index (χ2n) is 7.14. The minimum absolute atomic E-state index is 0. The predicted molar refractivity (Wildman–Crippen MR) is 129 cm³/mol. The van der Waals surface area contributed by atoms with E-state index < -0.39 is 10.8 Å². The fourth-order valence-electron chi connectivity index (χ4n) is 3.25. The molecule has 0 bridgehead atoms. The van der Waals surface area contributed by atoms with E-state index in [4.69, 9.17) is 4.99 Å². The van der Waals surface area contributed by atoms with Crippen LogP contribution in [0, 0.1) is 0 Å². The van der Waals surface area contributed by atoms with E-state index in [0.717, 1.165) is 62.6 Å². The molecule has 0 saturated heterocycles. The van der Waals surface area contributed by atoms with E-state index in [9.17, 15) is 4.21 Å². The molecular formula is C19H35IN4OS2. The standard InChI is InChI=1S/C19H34N4OS2.HI/c1-5-20-19(21-11-10-16-13-25-18(22-16)14(3)4)23-15-8-7-9-17(12-15)26(24)6-2;/h13-15,17H,5-12H2,1-4H3,(H2,20,21,23);1H. The SMILES string of the molecule is CCNC(=NCCc1csc(C(C)C)n1)NC1CCCC(S(=O)CC)C1.I. The number of rotatable bonds is 8. The first-order chi connectivity index (χ1) is 12.5. The van der Waals surface area contributed by atoms with Gasteiger partial charge in [0.05, 0.1) is 10.7 Å². The minimum atomic E-state index is -0.692. The molecule has 1 fully saturated rings. The topological polar surface area (TPSA) is 66.4 Å². The summed E-state index contributed by atoms with van der Waals surface area (Å²) in [5.41, 5.74) is 1.13. The quantitative estimate of drug-likeness (QED) is 0.305. The first-order valence-electron chi connectivity index (χ1n) is 9.89. The van der Waals surface area contributed by atoms with Gasteiger partial charge >= 0.3 is 0 Å². The van der Waals surface area contributed by atoms with Crippen molar-refractivity contribution in [2.24, 2.45) is 4.99 Å². The normalized spacial score (nSPS) is 21.6. The van der Waals surface area contributed by atoms with Crippen molar-refractivity contribution in [2.75, 3.05) is 18.8 Å². The number of hydrogen-bond donors (Lipinski definition) is 2. The van der Waals surface area contributed by atoms with E-state index in [0.29, 0.717) is 17.2 Å². The Kier molecular flexibility index (Phi) is 12.0. The molecule has 1 heterocycles. The van der Waals surface area contributed by atoms with Crippen molar-refractivity contribution in [3.8, 4) is 0 Å². The van der Waals surface area contributed by atoms with Crippen molar-refractivity contribution in [2.45, 2.75) is 77.0 Å². The molecule has 3 atom stereocenters. The summed E-state index contributed by atoms with van der Waals surface area (Å²) in [7, 11) is -0.692. The lowest BCUT2D eigenvalue weighted by Gasteiger charge is -2.30. The maximum Gasteiger partial charge on any atom is 0.191 e. The number of aromatic nitrogens is 1. The summed E-state index contributed by atoms with van der Waals surface area (Å²) in [6, 6.07) is 0.369. The largest absolute Gasteiger partial charge is 0.357 e. The lowest BCUT2D eigenvalue weighted by atomic mass is 9.95. The Hall–Kier alpha value is -0.220. The Morgan fingerprint density at radius 3 is 2.81 bits per heavy atom. The summed E-state index contributed by atoms with van der Waals surface area (Å²) in [6.07, 6.45) is 5.21. The van der Waals surface area contributed by atoms with Crippen molar-refractivity contribution in [1.29, 1.82) is 0 Å². The van der Waals surface area contributed by atoms with Crippen LogP contribution >= 0.6 is 35.3 Å². The zero-order valence-electron chi connectivity index (χ0n) is 17.0. The van der Waals surface area contributed by atoms with Gasteiger partial charge < -0.3 is 10.6 Å². The highest BCUT2D eigenvalue weighted by molar-refractivity contribution is 14.0. The molecule has 5 nitrogen and oxygen atoms in total. The van der Waals surface area contributed by atoms with Gasteiger partial charge in [0.25, 0.3) is 0 Å². The summed E-state index contributed by atoms with van der Waals surface area (Å²) in [4.78, 5) is 9.41. The average Bonchev–Trinajstić information content (AvgIpc) is 3.10. The number of aliphatic imine (C=N–C) groups is 1. The van der Waals surface area contributed by atoms with Gasteiger partial charge in [-0.05, 0) is 26.2 Å². The molecule has 27 heavy (non-hydrogen) atoms. The molecule has 1 aromatic rings. The van der Waals surface area contributed by atoms with Gasteiger partial charge in [0.15, 0.2) is 5.96 Å². The van der Waals surface area contributed by atoms with Gasteiger partial charge in [-0.15, -0.1) is 35.3 Å². The molecule has 0 aromatic carbocycles. The van der Waals surface area contributed by atoms with E-state index in [-0.39, 0.29) is 24.0 Å². The van der Waals surface area contributed by atoms with E-state index in [2.05, 4.69) is 41.8 Å². The number of nitrogens with one attached hydrogen (secondary N) is 2. The Bertz CT molecular complexity index is 606. The average molecular weight is 527 g/mol. The highest BCUT2D eigenvalue weighted by Gasteiger charge is 2.26. The van der Waals surface area contributed by atoms with Crippen molar-refractivity contribution in [3.63, 3.8) is 0 Å². The van der Waals surface area contributed by atoms with Gasteiger partial charge in [-0.25, -0.2) is 4.98 Å². The van der Waals surface area contributed by atoms with Gasteiger partial charge in [0, 0.05) is 58.7 Å². The summed E-state index contributed by atoms with van der Waals surface area (Å²) in [5.74, 6) is 2.13. The molecule has 1 aliphatic rings. The van der Waals surface area contributed by atoms with Gasteiger partial charge in [-0.3, -0.25) is 9.20 Å². The summed E-state index contributed by atoms with van der Waals surface area (Å²) in [5, 5.41) is 10.6. The molecule has 8 heteroatoms. The van der Waals surface area contributed by atoms with Crippen LogP contribution in [0.5, 0.6) is 0 Å². The van der Waals surface area contributed by atoms with Gasteiger partial charge in [-0.1, -0.05) is 27.2 Å². The second kappa shape index (κ2) is 13.1. The van der Waals surface area contributed by atoms with Crippen molar-refractivity contribution in [3.05, 3.63) is 16.1 Å². The molecule has 1 aromatic heterocycles. The first-order valence-corrected chi connectivity index (χ1v) is 12.2. The Labute approximate surface area is 188 Å². The van der Waals surface area contributed by atoms with Crippen LogP contribution in [0.2, 0.25) is 0 Å². The Morgan fingerprint density at radius 2 is 2.19 bits per heavy atom. The van der Waals surface area contributed by atoms with E-state index in [1.807, 2.05) is 6.92 Å². The van der Waals surface area contributed by atoms with Crippen LogP contribution in [0.15, 0.2) is 10.4 Å². The van der Waals surface area contributed by atoms with Crippen LogP contribution in [-0.2, 0) is 17.2 Å². The highest BCUT2D eigenvalue weighted by atomic mass is 127. The van der Waals surface area contributed by atoms with Gasteiger partial charge in [-0.2, -0.15) is 0 Å². The first kappa shape index (κ1) is 24.8. The molecule has 0 amide bonds. The summed E-state index contributed by atoms with van der Waals surface area (Å²) in [6.45, 7) is 10.0. The van der Waals surface area contributed by atoms with Crippen molar-refractivity contribution in [1.82, 2.24) is 15.6 Å². The summed E-state index contributed by atoms with van der Waals surface area (Å²) >= 11 is 1.74. The molecule has 1 saturated carbocycles. The lowest BCUT2D eigenvalue weighted by molar-refractivity contribution is 0.413. The monoisotopic (exact) mass is 526 g/mol. The fraction of sp³-hybridized carbons (Fsp3) is 0.789. The molecule has 1 aliphatic carbocycles. The van der Waals surface area contributed by atoms with Gasteiger partial charge in [0.2, 0.25) is 0 Å². The second-order valence-corrected chi connectivity index (χ2v) is 10.0. The Morgan fingerprint density at radius 1 is 1.41 bits per heavy atom. The smallest absolute Gasteiger partial charge is 0.191 e. The molecule has 2 rings (SSSR count). The molecular weight excluding hydrogens is 491 g/mol. The van der Waals surface area contributed by atoms with Crippen LogP contribution in [0.4, 0.5) is 0 Å². The van der Waals surface area contributed by atoms with E-state index >= 15 is 0 Å². The van der Waals surface area contributed by atoms with Crippen LogP contribution in [0.1, 0.15) is 70.0 Å². The fourth-order valence-corrected chi connectivity index (χ4v) is 5.47. The Balaban J connectivity index is 0.00000364.